The number of rotatable bonds is 4. The molecule has 2 rings (SSSR count). The molecule has 0 atom stereocenters. The molecule has 2 N–H and O–H groups in total. The molecule has 21 heavy (non-hydrogen) atoms. The molecule has 1 fully saturated rings. The maximum absolute atomic E-state index is 12.2. The van der Waals surface area contributed by atoms with Crippen LogP contribution < -0.4 is 5.32 Å². The quantitative estimate of drug-likeness (QED) is 0.884. The lowest BCUT2D eigenvalue weighted by Gasteiger charge is -2.36. The molecule has 0 spiro atoms. The molecule has 0 bridgehead atoms. The summed E-state index contributed by atoms with van der Waals surface area (Å²) < 4.78 is 23.2. The Morgan fingerprint density at radius 3 is 2.29 bits per heavy atom. The molecule has 0 saturated heterocycles. The molecule has 0 heterocycles. The first kappa shape index (κ1) is 15.5. The van der Waals surface area contributed by atoms with Crippen LogP contribution in [0.4, 0.5) is 5.69 Å². The summed E-state index contributed by atoms with van der Waals surface area (Å²) in [6.45, 7) is 1.84. The Hall–Kier alpha value is -1.89. The Morgan fingerprint density at radius 1 is 1.24 bits per heavy atom. The average Bonchev–Trinajstić information content (AvgIpc) is 2.34. The molecule has 114 valence electrons. The fraction of sp³-hybridized carbons (Fsp3) is 0.429. The van der Waals surface area contributed by atoms with E-state index in [1.54, 1.807) is 0 Å². The molecule has 1 aliphatic carbocycles. The van der Waals surface area contributed by atoms with E-state index in [-0.39, 0.29) is 22.1 Å². The first-order valence-corrected chi connectivity index (χ1v) is 8.41. The minimum absolute atomic E-state index is 0.128. The normalized spacial score (nSPS) is 16.9. The summed E-state index contributed by atoms with van der Waals surface area (Å²) in [6, 6.07) is 3.62. The Bertz CT molecular complexity index is 704. The highest BCUT2D eigenvalue weighted by atomic mass is 32.2. The first-order chi connectivity index (χ1) is 9.62. The van der Waals surface area contributed by atoms with Crippen molar-refractivity contribution in [2.24, 2.45) is 5.41 Å². The van der Waals surface area contributed by atoms with Crippen molar-refractivity contribution < 1.29 is 23.1 Å². The van der Waals surface area contributed by atoms with E-state index < -0.39 is 21.2 Å². The summed E-state index contributed by atoms with van der Waals surface area (Å²) in [6.07, 6.45) is 3.52. The highest BCUT2D eigenvalue weighted by Gasteiger charge is 2.39. The van der Waals surface area contributed by atoms with E-state index >= 15 is 0 Å². The van der Waals surface area contributed by atoms with E-state index in [1.807, 2.05) is 6.92 Å². The van der Waals surface area contributed by atoms with Crippen LogP contribution in [0.2, 0.25) is 0 Å². The van der Waals surface area contributed by atoms with Crippen LogP contribution in [0.15, 0.2) is 23.1 Å². The molecule has 1 aliphatic rings. The van der Waals surface area contributed by atoms with Gasteiger partial charge >= 0.3 is 5.97 Å². The largest absolute Gasteiger partial charge is 0.478 e. The summed E-state index contributed by atoms with van der Waals surface area (Å²) in [4.78, 5) is 23.1. The van der Waals surface area contributed by atoms with Crippen molar-refractivity contribution in [1.29, 1.82) is 0 Å². The second-order valence-corrected chi connectivity index (χ2v) is 7.71. The molecule has 0 radical (unpaired) electrons. The number of carboxylic acid groups (broad SMARTS) is 1. The Kier molecular flexibility index (Phi) is 3.79. The minimum atomic E-state index is -3.56. The van der Waals surface area contributed by atoms with Gasteiger partial charge in [-0.1, -0.05) is 13.3 Å². The standard InChI is InChI=1S/C14H17NO5S/c1-14(4-3-5-14)13(18)15-10-6-9(12(16)17)7-11(8-10)21(2,19)20/h6-8H,3-5H2,1-2H3,(H,15,18)(H,16,17). The van der Waals surface area contributed by atoms with E-state index in [9.17, 15) is 18.0 Å². The lowest BCUT2D eigenvalue weighted by atomic mass is 9.70. The number of hydrogen-bond donors (Lipinski definition) is 2. The van der Waals surface area contributed by atoms with E-state index in [0.29, 0.717) is 0 Å². The van der Waals surface area contributed by atoms with Crippen molar-refractivity contribution in [2.75, 3.05) is 11.6 Å². The molecule has 1 aromatic carbocycles. The Labute approximate surface area is 123 Å². The number of carbonyl (C=O) groups excluding carboxylic acids is 1. The number of anilines is 1. The fourth-order valence-corrected chi connectivity index (χ4v) is 2.91. The highest BCUT2D eigenvalue weighted by molar-refractivity contribution is 7.90. The minimum Gasteiger partial charge on any atom is -0.478 e. The van der Waals surface area contributed by atoms with Crippen LogP contribution in [0.5, 0.6) is 0 Å². The van der Waals surface area contributed by atoms with E-state index in [0.717, 1.165) is 31.6 Å². The van der Waals surface area contributed by atoms with Crippen molar-refractivity contribution in [3.8, 4) is 0 Å². The van der Waals surface area contributed by atoms with E-state index in [1.165, 1.54) is 12.1 Å². The van der Waals surface area contributed by atoms with E-state index in [2.05, 4.69) is 5.32 Å². The summed E-state index contributed by atoms with van der Waals surface area (Å²) in [7, 11) is -3.56. The number of sulfone groups is 1. The van der Waals surface area contributed by atoms with Gasteiger partial charge in [-0.3, -0.25) is 4.79 Å². The summed E-state index contributed by atoms with van der Waals surface area (Å²) in [5.74, 6) is -1.46. The van der Waals surface area contributed by atoms with Gasteiger partial charge in [-0.25, -0.2) is 13.2 Å². The fourth-order valence-electron chi connectivity index (χ4n) is 2.22. The third-order valence-electron chi connectivity index (χ3n) is 3.84. The number of carboxylic acids is 1. The monoisotopic (exact) mass is 311 g/mol. The van der Waals surface area contributed by atoms with Crippen molar-refractivity contribution in [3.63, 3.8) is 0 Å². The van der Waals surface area contributed by atoms with Gasteiger partial charge in [-0.15, -0.1) is 0 Å². The first-order valence-electron chi connectivity index (χ1n) is 6.52. The molecule has 0 aromatic heterocycles. The SMILES string of the molecule is CC1(C(=O)Nc2cc(C(=O)O)cc(S(C)(=O)=O)c2)CCC1. The Morgan fingerprint density at radius 2 is 1.86 bits per heavy atom. The molecule has 6 nitrogen and oxygen atoms in total. The number of hydrogen-bond acceptors (Lipinski definition) is 4. The molecule has 1 amide bonds. The average molecular weight is 311 g/mol. The summed E-state index contributed by atoms with van der Waals surface area (Å²) in [5, 5.41) is 11.7. The van der Waals surface area contributed by atoms with Crippen molar-refractivity contribution in [3.05, 3.63) is 23.8 Å². The second kappa shape index (κ2) is 5.14. The van der Waals surface area contributed by atoms with E-state index in [4.69, 9.17) is 5.11 Å². The van der Waals surface area contributed by atoms with Crippen LogP contribution in [0.1, 0.15) is 36.5 Å². The van der Waals surface area contributed by atoms with Crippen molar-refractivity contribution in [1.82, 2.24) is 0 Å². The van der Waals surface area contributed by atoms with Crippen LogP contribution in [0.3, 0.4) is 0 Å². The lowest BCUT2D eigenvalue weighted by Crippen LogP contribution is -2.39. The smallest absolute Gasteiger partial charge is 0.335 e. The topological polar surface area (TPSA) is 101 Å². The number of benzene rings is 1. The van der Waals surface area contributed by atoms with Gasteiger partial charge in [0.1, 0.15) is 0 Å². The second-order valence-electron chi connectivity index (χ2n) is 5.69. The number of amides is 1. The molecular weight excluding hydrogens is 294 g/mol. The molecule has 1 saturated carbocycles. The summed E-state index contributed by atoms with van der Waals surface area (Å²) in [5.41, 5.74) is -0.440. The van der Waals surface area contributed by atoms with Gasteiger partial charge in [-0.05, 0) is 31.0 Å². The van der Waals surface area contributed by atoms with Crippen LogP contribution in [-0.4, -0.2) is 31.7 Å². The zero-order valence-corrected chi connectivity index (χ0v) is 12.7. The van der Waals surface area contributed by atoms with Gasteiger partial charge in [-0.2, -0.15) is 0 Å². The van der Waals surface area contributed by atoms with Gasteiger partial charge in [0.05, 0.1) is 10.5 Å². The molecule has 1 aromatic rings. The Balaban J connectivity index is 2.37. The number of nitrogens with one attached hydrogen (secondary N) is 1. The van der Waals surface area contributed by atoms with Crippen molar-refractivity contribution >= 4 is 27.4 Å². The molecule has 0 aliphatic heterocycles. The molecular formula is C14H17NO5S. The molecule has 0 unspecified atom stereocenters. The van der Waals surface area contributed by atoms with Gasteiger partial charge in [0.2, 0.25) is 5.91 Å². The van der Waals surface area contributed by atoms with Crippen molar-refractivity contribution in [2.45, 2.75) is 31.1 Å². The number of carbonyl (C=O) groups is 2. The molecule has 7 heteroatoms. The van der Waals surface area contributed by atoms with Gasteiger partial charge < -0.3 is 10.4 Å². The zero-order valence-electron chi connectivity index (χ0n) is 11.8. The van der Waals surface area contributed by atoms with Gasteiger partial charge in [0.25, 0.3) is 0 Å². The third kappa shape index (κ3) is 3.24. The van der Waals surface area contributed by atoms with Crippen LogP contribution in [0.25, 0.3) is 0 Å². The van der Waals surface area contributed by atoms with Crippen LogP contribution >= 0.6 is 0 Å². The van der Waals surface area contributed by atoms with Crippen LogP contribution in [0, 0.1) is 5.41 Å². The zero-order chi connectivity index (χ0) is 15.8. The number of aromatic carboxylic acids is 1. The predicted octanol–water partition coefficient (Wildman–Crippen LogP) is 1.92. The highest BCUT2D eigenvalue weighted by Crippen LogP contribution is 2.41. The van der Waals surface area contributed by atoms with Gasteiger partial charge in [0, 0.05) is 17.4 Å². The van der Waals surface area contributed by atoms with Crippen LogP contribution in [-0.2, 0) is 14.6 Å². The van der Waals surface area contributed by atoms with Gasteiger partial charge in [0.15, 0.2) is 9.84 Å². The lowest BCUT2D eigenvalue weighted by molar-refractivity contribution is -0.128. The third-order valence-corrected chi connectivity index (χ3v) is 4.94. The maximum atomic E-state index is 12.2. The predicted molar refractivity (Wildman–Crippen MR) is 77.1 cm³/mol. The summed E-state index contributed by atoms with van der Waals surface area (Å²) >= 11 is 0. The maximum Gasteiger partial charge on any atom is 0.335 e.